The van der Waals surface area contributed by atoms with E-state index in [4.69, 9.17) is 0 Å². The van der Waals surface area contributed by atoms with Crippen molar-refractivity contribution in [3.8, 4) is 0 Å². The van der Waals surface area contributed by atoms with Gasteiger partial charge in [-0.15, -0.1) is 0 Å². The standard InChI is InChI=1S/C16H20INO2/c1-2-13(19)15-12(9-3-5-10(17)6-4-9)7-11-8-14(20)16(15)18-11/h3-6,11-12,14-16,18,20H,2,7-8H2,1H3/t11?,12-,14?,15-,16+/m1/s1. The van der Waals surface area contributed by atoms with Gasteiger partial charge in [0.2, 0.25) is 0 Å². The van der Waals surface area contributed by atoms with Crippen LogP contribution < -0.4 is 5.32 Å². The van der Waals surface area contributed by atoms with Gasteiger partial charge in [-0.25, -0.2) is 0 Å². The summed E-state index contributed by atoms with van der Waals surface area (Å²) in [5, 5.41) is 13.7. The van der Waals surface area contributed by atoms with Crippen LogP contribution in [0.4, 0.5) is 0 Å². The number of aliphatic hydroxyl groups excluding tert-OH is 1. The van der Waals surface area contributed by atoms with E-state index in [1.165, 1.54) is 9.13 Å². The highest BCUT2D eigenvalue weighted by molar-refractivity contribution is 14.1. The summed E-state index contributed by atoms with van der Waals surface area (Å²) in [6, 6.07) is 8.76. The maximum absolute atomic E-state index is 12.4. The van der Waals surface area contributed by atoms with Crippen molar-refractivity contribution in [3.63, 3.8) is 0 Å². The van der Waals surface area contributed by atoms with Crippen LogP contribution in [-0.4, -0.2) is 29.1 Å². The fourth-order valence-corrected chi connectivity index (χ4v) is 4.17. The Bertz CT molecular complexity index is 502. The lowest BCUT2D eigenvalue weighted by Crippen LogP contribution is -2.50. The molecule has 2 heterocycles. The van der Waals surface area contributed by atoms with Crippen molar-refractivity contribution in [2.75, 3.05) is 0 Å². The molecular formula is C16H20INO2. The van der Waals surface area contributed by atoms with E-state index in [0.29, 0.717) is 12.5 Å². The summed E-state index contributed by atoms with van der Waals surface area (Å²) < 4.78 is 1.21. The second-order valence-electron chi connectivity index (χ2n) is 5.93. The number of Topliss-reactive ketones (excluding diaryl/α,β-unsaturated/α-hetero) is 1. The number of carbonyl (C=O) groups is 1. The average Bonchev–Trinajstić information content (AvgIpc) is 2.74. The molecule has 0 amide bonds. The molecule has 2 saturated heterocycles. The van der Waals surface area contributed by atoms with Crippen LogP contribution in [0.15, 0.2) is 24.3 Å². The normalized spacial score (nSPS) is 36.0. The average molecular weight is 385 g/mol. The molecule has 20 heavy (non-hydrogen) atoms. The van der Waals surface area contributed by atoms with Gasteiger partial charge >= 0.3 is 0 Å². The molecule has 3 rings (SSSR count). The highest BCUT2D eigenvalue weighted by Crippen LogP contribution is 2.42. The van der Waals surface area contributed by atoms with Crippen LogP contribution >= 0.6 is 22.6 Å². The highest BCUT2D eigenvalue weighted by Gasteiger charge is 2.49. The summed E-state index contributed by atoms with van der Waals surface area (Å²) in [6.45, 7) is 1.92. The summed E-state index contributed by atoms with van der Waals surface area (Å²) in [7, 11) is 0. The van der Waals surface area contributed by atoms with Gasteiger partial charge < -0.3 is 10.4 Å². The fourth-order valence-electron chi connectivity index (χ4n) is 3.81. The Morgan fingerprint density at radius 1 is 1.35 bits per heavy atom. The van der Waals surface area contributed by atoms with E-state index in [2.05, 4.69) is 52.2 Å². The van der Waals surface area contributed by atoms with E-state index in [0.717, 1.165) is 12.8 Å². The number of ketones is 1. The van der Waals surface area contributed by atoms with Gasteiger partial charge in [-0.1, -0.05) is 19.1 Å². The molecule has 0 radical (unpaired) electrons. The molecule has 2 fully saturated rings. The number of nitrogens with one attached hydrogen (secondary N) is 1. The Balaban J connectivity index is 1.95. The molecule has 0 aromatic heterocycles. The van der Waals surface area contributed by atoms with Gasteiger partial charge in [0, 0.05) is 28.0 Å². The second kappa shape index (κ2) is 5.73. The minimum absolute atomic E-state index is 0.0644. The molecule has 2 aliphatic rings. The lowest BCUT2D eigenvalue weighted by molar-refractivity contribution is -0.125. The van der Waals surface area contributed by atoms with E-state index < -0.39 is 0 Å². The van der Waals surface area contributed by atoms with Crippen molar-refractivity contribution in [1.82, 2.24) is 5.32 Å². The van der Waals surface area contributed by atoms with Crippen LogP contribution in [0.25, 0.3) is 0 Å². The molecule has 0 spiro atoms. The first-order chi connectivity index (χ1) is 9.60. The Morgan fingerprint density at radius 3 is 2.70 bits per heavy atom. The molecule has 4 heteroatoms. The van der Waals surface area contributed by atoms with Crippen molar-refractivity contribution in [3.05, 3.63) is 33.4 Å². The number of rotatable bonds is 3. The first-order valence-corrected chi connectivity index (χ1v) is 8.40. The van der Waals surface area contributed by atoms with Gasteiger partial charge in [-0.3, -0.25) is 4.79 Å². The van der Waals surface area contributed by atoms with Crippen LogP contribution in [-0.2, 0) is 4.79 Å². The SMILES string of the molecule is CCC(=O)[C@H]1[C@@H](c2ccc(I)cc2)CC2CC(O)[C@@H]1N2. The van der Waals surface area contributed by atoms with Crippen molar-refractivity contribution < 1.29 is 9.90 Å². The van der Waals surface area contributed by atoms with Crippen LogP contribution in [0, 0.1) is 9.49 Å². The topological polar surface area (TPSA) is 49.3 Å². The summed E-state index contributed by atoms with van der Waals surface area (Å²) in [5.74, 6) is 0.423. The van der Waals surface area contributed by atoms with Gasteiger partial charge in [-0.2, -0.15) is 0 Å². The first kappa shape index (κ1) is 14.5. The third-order valence-electron chi connectivity index (χ3n) is 4.75. The van der Waals surface area contributed by atoms with Crippen LogP contribution in [0.5, 0.6) is 0 Å². The Kier molecular flexibility index (Phi) is 4.15. The molecule has 0 saturated carbocycles. The van der Waals surface area contributed by atoms with Crippen molar-refractivity contribution in [2.45, 2.75) is 50.3 Å². The maximum atomic E-state index is 12.4. The van der Waals surface area contributed by atoms with Crippen molar-refractivity contribution in [1.29, 1.82) is 0 Å². The minimum Gasteiger partial charge on any atom is -0.391 e. The molecule has 1 aromatic rings. The molecular weight excluding hydrogens is 365 g/mol. The van der Waals surface area contributed by atoms with E-state index in [-0.39, 0.29) is 29.8 Å². The molecule has 3 nitrogen and oxygen atoms in total. The lowest BCUT2D eigenvalue weighted by atomic mass is 9.74. The zero-order valence-corrected chi connectivity index (χ0v) is 13.7. The number of fused-ring (bicyclic) bond motifs is 2. The second-order valence-corrected chi connectivity index (χ2v) is 7.18. The van der Waals surface area contributed by atoms with E-state index in [1.54, 1.807) is 0 Å². The fraction of sp³-hybridized carbons (Fsp3) is 0.562. The van der Waals surface area contributed by atoms with Gasteiger partial charge in [-0.05, 0) is 59.0 Å². The maximum Gasteiger partial charge on any atom is 0.137 e. The summed E-state index contributed by atoms with van der Waals surface area (Å²) in [4.78, 5) is 12.4. The van der Waals surface area contributed by atoms with Gasteiger partial charge in [0.15, 0.2) is 0 Å². The summed E-state index contributed by atoms with van der Waals surface area (Å²) in [6.07, 6.45) is 1.89. The predicted octanol–water partition coefficient (Wildman–Crippen LogP) is 2.47. The molecule has 2 unspecified atom stereocenters. The van der Waals surface area contributed by atoms with Crippen molar-refractivity contribution >= 4 is 28.4 Å². The van der Waals surface area contributed by atoms with Gasteiger partial charge in [0.05, 0.1) is 6.10 Å². The van der Waals surface area contributed by atoms with E-state index in [1.807, 2.05) is 6.92 Å². The number of hydrogen-bond donors (Lipinski definition) is 2. The molecule has 5 atom stereocenters. The predicted molar refractivity (Wildman–Crippen MR) is 86.6 cm³/mol. The van der Waals surface area contributed by atoms with E-state index >= 15 is 0 Å². The number of carbonyl (C=O) groups excluding carboxylic acids is 1. The molecule has 1 aromatic carbocycles. The monoisotopic (exact) mass is 385 g/mol. The quantitative estimate of drug-likeness (QED) is 0.787. The molecule has 2 aliphatic heterocycles. The number of hydrogen-bond acceptors (Lipinski definition) is 3. The Hall–Kier alpha value is -0.460. The number of aliphatic hydroxyl groups is 1. The molecule has 108 valence electrons. The number of halogens is 1. The Labute approximate surface area is 133 Å². The third-order valence-corrected chi connectivity index (χ3v) is 5.47. The molecule has 2 N–H and O–H groups in total. The van der Waals surface area contributed by atoms with E-state index in [9.17, 15) is 9.90 Å². The minimum atomic E-state index is -0.380. The summed E-state index contributed by atoms with van der Waals surface area (Å²) in [5.41, 5.74) is 1.24. The van der Waals surface area contributed by atoms with Crippen molar-refractivity contribution in [2.24, 2.45) is 5.92 Å². The number of benzene rings is 1. The zero-order valence-electron chi connectivity index (χ0n) is 11.6. The number of piperidine rings is 1. The van der Waals surface area contributed by atoms with Gasteiger partial charge in [0.25, 0.3) is 0 Å². The molecule has 2 bridgehead atoms. The van der Waals surface area contributed by atoms with Crippen LogP contribution in [0.1, 0.15) is 37.7 Å². The zero-order chi connectivity index (χ0) is 14.3. The summed E-state index contributed by atoms with van der Waals surface area (Å²) >= 11 is 2.30. The smallest absolute Gasteiger partial charge is 0.137 e. The third kappa shape index (κ3) is 2.53. The lowest BCUT2D eigenvalue weighted by Gasteiger charge is -2.37. The van der Waals surface area contributed by atoms with Crippen LogP contribution in [0.3, 0.4) is 0 Å². The largest absolute Gasteiger partial charge is 0.391 e. The first-order valence-electron chi connectivity index (χ1n) is 7.32. The molecule has 0 aliphatic carbocycles. The highest BCUT2D eigenvalue weighted by atomic mass is 127. The van der Waals surface area contributed by atoms with Crippen LogP contribution in [0.2, 0.25) is 0 Å². The van der Waals surface area contributed by atoms with Gasteiger partial charge in [0.1, 0.15) is 5.78 Å². The Morgan fingerprint density at radius 2 is 2.05 bits per heavy atom.